The number of likely N-dealkylation sites (N-methyl/N-ethyl adjacent to an activating group) is 1. The number of benzene rings is 1. The van der Waals surface area contributed by atoms with Gasteiger partial charge in [-0.3, -0.25) is 5.48 Å². The summed E-state index contributed by atoms with van der Waals surface area (Å²) in [7, 11) is -0.397. The normalized spacial score (nSPS) is 15.7. The molecule has 10 heteroatoms. The van der Waals surface area contributed by atoms with Gasteiger partial charge in [-0.2, -0.15) is 0 Å². The van der Waals surface area contributed by atoms with Gasteiger partial charge in [-0.25, -0.2) is 14.6 Å². The van der Waals surface area contributed by atoms with Gasteiger partial charge in [-0.15, -0.1) is 5.54 Å². The summed E-state index contributed by atoms with van der Waals surface area (Å²) >= 11 is 7.06. The average molecular weight is 612 g/mol. The molecule has 0 saturated heterocycles. The number of nitrogens with zero attached hydrogens (tertiary/aromatic N) is 2. The van der Waals surface area contributed by atoms with E-state index in [1.807, 2.05) is 52.0 Å². The van der Waals surface area contributed by atoms with E-state index in [1.165, 1.54) is 11.1 Å². The molecule has 228 valence electrons. The predicted octanol–water partition coefficient (Wildman–Crippen LogP) is 8.32. The van der Waals surface area contributed by atoms with Gasteiger partial charge >= 0.3 is 6.09 Å². The number of nitrogens with one attached hydrogen (secondary N) is 3. The molecule has 2 aromatic rings. The zero-order valence-electron chi connectivity index (χ0n) is 26.8. The Morgan fingerprint density at radius 1 is 1.14 bits per heavy atom. The maximum absolute atomic E-state index is 12.9. The topological polar surface area (TPSA) is 99.6 Å². The van der Waals surface area contributed by atoms with Gasteiger partial charge in [0.1, 0.15) is 25.2 Å². The molecule has 0 saturated carbocycles. The minimum Gasteiger partial charge on any atom is -0.444 e. The van der Waals surface area contributed by atoms with E-state index in [0.29, 0.717) is 50.0 Å². The fraction of sp³-hybridized carbons (Fsp3) is 0.531. The third kappa shape index (κ3) is 6.93. The summed E-state index contributed by atoms with van der Waals surface area (Å²) < 4.78 is 5.59. The molecule has 0 fully saturated rings. The van der Waals surface area contributed by atoms with Gasteiger partial charge in [0.25, 0.3) is 0 Å². The van der Waals surface area contributed by atoms with Crippen LogP contribution in [0.5, 0.6) is 0 Å². The van der Waals surface area contributed by atoms with Gasteiger partial charge < -0.3 is 20.4 Å². The fourth-order valence-corrected chi connectivity index (χ4v) is 11.2. The van der Waals surface area contributed by atoms with Gasteiger partial charge in [-0.05, 0) is 50.4 Å². The molecule has 1 aliphatic rings. The Morgan fingerprint density at radius 3 is 2.31 bits per heavy atom. The van der Waals surface area contributed by atoms with Crippen molar-refractivity contribution >= 4 is 43.5 Å². The Bertz CT molecular complexity index is 1350. The van der Waals surface area contributed by atoms with E-state index in [9.17, 15) is 4.79 Å². The van der Waals surface area contributed by atoms with Gasteiger partial charge in [0.05, 0.1) is 16.8 Å². The van der Waals surface area contributed by atoms with Crippen LogP contribution in [-0.4, -0.2) is 55.2 Å². The smallest absolute Gasteiger partial charge is 0.410 e. The third-order valence-corrected chi connectivity index (χ3v) is 14.7. The first kappa shape index (κ1) is 33.4. The first-order valence-corrected chi connectivity index (χ1v) is 17.2. The van der Waals surface area contributed by atoms with Crippen molar-refractivity contribution in [1.82, 2.24) is 9.88 Å². The Morgan fingerprint density at radius 2 is 1.76 bits per heavy atom. The Balaban J connectivity index is 2.21. The lowest BCUT2D eigenvalue weighted by Gasteiger charge is -2.38. The Hall–Kier alpha value is -3.06. The van der Waals surface area contributed by atoms with Crippen molar-refractivity contribution < 1.29 is 14.4 Å². The SMILES string of the molecule is CC(C1Nc2cc(c(Cl)c(C#C[Si](C(C)C)(C(C)C)C(C)C)n2)-c2cccc(C=N)c2NO1)N(C)C(=O)OC(C)(C)C. The molecule has 1 aromatic carbocycles. The zero-order chi connectivity index (χ0) is 31.6. The molecule has 1 aliphatic heterocycles. The number of hydrogen-bond donors (Lipinski definition) is 3. The Kier molecular flexibility index (Phi) is 10.4. The molecule has 1 amide bonds. The number of carbonyl (C=O) groups excluding carboxylic acids is 1. The van der Waals surface area contributed by atoms with E-state index in [1.54, 1.807) is 7.05 Å². The first-order chi connectivity index (χ1) is 19.5. The molecule has 1 aromatic heterocycles. The summed E-state index contributed by atoms with van der Waals surface area (Å²) in [6.07, 6.45) is 0.0377. The summed E-state index contributed by atoms with van der Waals surface area (Å²) in [6, 6.07) is 7.00. The van der Waals surface area contributed by atoms with Crippen molar-refractivity contribution in [1.29, 1.82) is 5.41 Å². The number of ether oxygens (including phenoxy) is 1. The molecule has 2 heterocycles. The van der Waals surface area contributed by atoms with E-state index >= 15 is 0 Å². The van der Waals surface area contributed by atoms with Crippen LogP contribution in [0.1, 0.15) is 80.5 Å². The molecule has 3 N–H and O–H groups in total. The number of pyridine rings is 1. The number of fused-ring (bicyclic) bond motifs is 4. The van der Waals surface area contributed by atoms with E-state index in [4.69, 9.17) is 31.6 Å². The van der Waals surface area contributed by atoms with Crippen LogP contribution in [0.2, 0.25) is 21.6 Å². The highest BCUT2D eigenvalue weighted by molar-refractivity contribution is 6.90. The van der Waals surface area contributed by atoms with Crippen LogP contribution in [0.3, 0.4) is 0 Å². The molecule has 0 radical (unpaired) electrons. The first-order valence-electron chi connectivity index (χ1n) is 14.5. The highest BCUT2D eigenvalue weighted by Crippen LogP contribution is 2.42. The lowest BCUT2D eigenvalue weighted by atomic mass is 10.0. The van der Waals surface area contributed by atoms with Crippen LogP contribution in [-0.2, 0) is 9.57 Å². The van der Waals surface area contributed by atoms with Gasteiger partial charge in [0, 0.05) is 30.0 Å². The number of amides is 1. The summed E-state index contributed by atoms with van der Waals surface area (Å²) in [6.45, 7) is 21.0. The maximum atomic E-state index is 12.9. The second kappa shape index (κ2) is 13.1. The van der Waals surface area contributed by atoms with Crippen molar-refractivity contribution in [2.75, 3.05) is 17.8 Å². The number of carbonyl (C=O) groups is 1. The van der Waals surface area contributed by atoms with Crippen molar-refractivity contribution in [3.63, 3.8) is 0 Å². The molecule has 8 nitrogen and oxygen atoms in total. The highest BCUT2D eigenvalue weighted by atomic mass is 35.5. The summed E-state index contributed by atoms with van der Waals surface area (Å²) in [5.74, 6) is 3.93. The molecule has 2 atom stereocenters. The van der Waals surface area contributed by atoms with Crippen molar-refractivity contribution in [2.24, 2.45) is 0 Å². The summed E-state index contributed by atoms with van der Waals surface area (Å²) in [5, 5.41) is 11.8. The second-order valence-electron chi connectivity index (χ2n) is 12.9. The van der Waals surface area contributed by atoms with Crippen LogP contribution in [0.25, 0.3) is 11.1 Å². The molecular weight excluding hydrogens is 566 g/mol. The van der Waals surface area contributed by atoms with Crippen molar-refractivity contribution in [3.05, 3.63) is 40.5 Å². The molecule has 0 spiro atoms. The summed E-state index contributed by atoms with van der Waals surface area (Å²) in [5.41, 5.74) is 10.7. The number of para-hydroxylation sites is 1. The minimum atomic E-state index is -2.06. The Labute approximate surface area is 257 Å². The van der Waals surface area contributed by atoms with Crippen LogP contribution in [0, 0.1) is 16.9 Å². The number of anilines is 2. The van der Waals surface area contributed by atoms with Gasteiger partial charge in [0.15, 0.2) is 6.23 Å². The maximum Gasteiger partial charge on any atom is 0.410 e. The molecule has 2 bridgehead atoms. The predicted molar refractivity (Wildman–Crippen MR) is 176 cm³/mol. The van der Waals surface area contributed by atoms with Gasteiger partial charge in [-0.1, -0.05) is 77.3 Å². The largest absolute Gasteiger partial charge is 0.444 e. The van der Waals surface area contributed by atoms with Gasteiger partial charge in [0.2, 0.25) is 0 Å². The van der Waals surface area contributed by atoms with Crippen LogP contribution in [0.15, 0.2) is 24.3 Å². The molecule has 0 aliphatic carbocycles. The lowest BCUT2D eigenvalue weighted by Crippen LogP contribution is -2.49. The van der Waals surface area contributed by atoms with Crippen molar-refractivity contribution in [3.8, 4) is 22.6 Å². The monoisotopic (exact) mass is 611 g/mol. The fourth-order valence-electron chi connectivity index (χ4n) is 5.73. The number of hydrogen-bond acceptors (Lipinski definition) is 7. The summed E-state index contributed by atoms with van der Waals surface area (Å²) in [4.78, 5) is 25.4. The quantitative estimate of drug-likeness (QED) is 0.172. The lowest BCUT2D eigenvalue weighted by molar-refractivity contribution is 0.00113. The second-order valence-corrected chi connectivity index (χ2v) is 18.9. The average Bonchev–Trinajstić information content (AvgIpc) is 2.96. The molecule has 3 rings (SSSR count). The number of halogens is 1. The van der Waals surface area contributed by atoms with E-state index in [-0.39, 0.29) is 0 Å². The third-order valence-electron chi connectivity index (χ3n) is 8.07. The standard InChI is InChI=1S/C32H46ClN5O3Si/c1-19(2)42(20(3)4,21(5)6)16-15-26-28(33)25-17-27(35-26)36-30(22(7)38(11)31(39)40-32(8,9)10)41-37-29-23(18-34)13-12-14-24(25)29/h12-14,17-22,30,34,37H,1-11H3,(H,35,36). The van der Waals surface area contributed by atoms with Crippen LogP contribution >= 0.6 is 11.6 Å². The highest BCUT2D eigenvalue weighted by Gasteiger charge is 2.42. The van der Waals surface area contributed by atoms with Crippen LogP contribution < -0.4 is 10.8 Å². The minimum absolute atomic E-state index is 0.440. The molecular formula is C32H46ClN5O3Si. The number of rotatable bonds is 6. The molecule has 2 unspecified atom stereocenters. The van der Waals surface area contributed by atoms with E-state index in [2.05, 4.69) is 63.8 Å². The van der Waals surface area contributed by atoms with E-state index in [0.717, 1.165) is 5.56 Å². The van der Waals surface area contributed by atoms with Crippen molar-refractivity contribution in [2.45, 2.75) is 104 Å². The zero-order valence-corrected chi connectivity index (χ0v) is 28.5. The number of aromatic nitrogens is 1. The van der Waals surface area contributed by atoms with E-state index < -0.39 is 32.0 Å². The van der Waals surface area contributed by atoms with Crippen LogP contribution in [0.4, 0.5) is 16.3 Å². The molecule has 42 heavy (non-hydrogen) atoms.